The van der Waals surface area contributed by atoms with E-state index in [9.17, 15) is 0 Å². The van der Waals surface area contributed by atoms with Gasteiger partial charge in [0.25, 0.3) is 0 Å². The van der Waals surface area contributed by atoms with E-state index in [2.05, 4.69) is 4.98 Å². The third-order valence-corrected chi connectivity index (χ3v) is 1.73. The number of nitrogens with zero attached hydrogens (tertiary/aromatic N) is 1. The Balaban J connectivity index is 2.62. The van der Waals surface area contributed by atoms with Crippen LogP contribution in [0.5, 0.6) is 11.6 Å². The van der Waals surface area contributed by atoms with Gasteiger partial charge in [0.2, 0.25) is 5.88 Å². The maximum absolute atomic E-state index is 5.47. The minimum absolute atomic E-state index is 0.577. The number of aromatic nitrogens is 1. The normalized spacial score (nSPS) is 9.93. The lowest BCUT2D eigenvalue weighted by Gasteiger charge is -2.07. The van der Waals surface area contributed by atoms with Crippen LogP contribution < -0.4 is 15.2 Å². The predicted molar refractivity (Wildman–Crippen MR) is 54.7 cm³/mol. The van der Waals surface area contributed by atoms with Gasteiger partial charge in [-0.3, -0.25) is 0 Å². The number of aryl methyl sites for hydroxylation is 1. The molecule has 2 N–H and O–H groups in total. The van der Waals surface area contributed by atoms with E-state index in [4.69, 9.17) is 15.2 Å². The third-order valence-electron chi connectivity index (χ3n) is 1.73. The molecule has 0 aliphatic carbocycles. The van der Waals surface area contributed by atoms with E-state index in [0.29, 0.717) is 19.0 Å². The van der Waals surface area contributed by atoms with Gasteiger partial charge in [0.05, 0.1) is 13.7 Å². The molecule has 4 nitrogen and oxygen atoms in total. The molecule has 0 saturated carbocycles. The molecule has 0 aliphatic heterocycles. The van der Waals surface area contributed by atoms with Crippen molar-refractivity contribution in [3.8, 4) is 11.6 Å². The Morgan fingerprint density at radius 3 is 2.86 bits per heavy atom. The van der Waals surface area contributed by atoms with Crippen LogP contribution in [0.25, 0.3) is 0 Å². The highest BCUT2D eigenvalue weighted by molar-refractivity contribution is 5.29. The number of ether oxygens (including phenoxy) is 2. The van der Waals surface area contributed by atoms with Crippen molar-refractivity contribution < 1.29 is 9.47 Å². The van der Waals surface area contributed by atoms with E-state index in [1.165, 1.54) is 0 Å². The van der Waals surface area contributed by atoms with E-state index in [-0.39, 0.29) is 0 Å². The molecule has 1 aromatic heterocycles. The average molecular weight is 196 g/mol. The van der Waals surface area contributed by atoms with E-state index in [0.717, 1.165) is 17.9 Å². The molecule has 0 aromatic carbocycles. The second-order valence-corrected chi connectivity index (χ2v) is 2.98. The summed E-state index contributed by atoms with van der Waals surface area (Å²) in [6, 6.07) is 3.64. The molecule has 14 heavy (non-hydrogen) atoms. The van der Waals surface area contributed by atoms with Crippen LogP contribution >= 0.6 is 0 Å². The van der Waals surface area contributed by atoms with Gasteiger partial charge in [0.15, 0.2) is 0 Å². The van der Waals surface area contributed by atoms with Crippen molar-refractivity contribution in [1.29, 1.82) is 0 Å². The number of hydrogen-bond acceptors (Lipinski definition) is 4. The molecule has 0 spiro atoms. The molecule has 78 valence electrons. The SMILES string of the molecule is COc1cc(OCCCN)cc(C)n1. The van der Waals surface area contributed by atoms with Crippen molar-refractivity contribution in [2.24, 2.45) is 5.73 Å². The zero-order valence-electron chi connectivity index (χ0n) is 8.62. The molecule has 1 heterocycles. The Morgan fingerprint density at radius 2 is 2.21 bits per heavy atom. The van der Waals surface area contributed by atoms with Crippen LogP contribution in [0.15, 0.2) is 12.1 Å². The minimum atomic E-state index is 0.577. The quantitative estimate of drug-likeness (QED) is 0.717. The molecule has 0 bridgehead atoms. The number of nitrogens with two attached hydrogens (primary N) is 1. The van der Waals surface area contributed by atoms with Gasteiger partial charge in [-0.15, -0.1) is 0 Å². The maximum Gasteiger partial charge on any atom is 0.216 e. The zero-order valence-corrected chi connectivity index (χ0v) is 8.62. The molecule has 0 amide bonds. The van der Waals surface area contributed by atoms with Crippen LogP contribution in [0, 0.1) is 6.92 Å². The van der Waals surface area contributed by atoms with Crippen molar-refractivity contribution in [2.75, 3.05) is 20.3 Å². The predicted octanol–water partition coefficient (Wildman–Crippen LogP) is 1.13. The number of methoxy groups -OCH3 is 1. The van der Waals surface area contributed by atoms with E-state index < -0.39 is 0 Å². The Kier molecular flexibility index (Phi) is 4.19. The van der Waals surface area contributed by atoms with Crippen molar-refractivity contribution >= 4 is 0 Å². The first-order valence-electron chi connectivity index (χ1n) is 4.62. The Morgan fingerprint density at radius 1 is 1.43 bits per heavy atom. The number of rotatable bonds is 5. The van der Waals surface area contributed by atoms with Gasteiger partial charge in [0.1, 0.15) is 5.75 Å². The van der Waals surface area contributed by atoms with Crippen LogP contribution in [-0.4, -0.2) is 25.2 Å². The molecule has 1 aromatic rings. The summed E-state index contributed by atoms with van der Waals surface area (Å²) in [5.74, 6) is 1.36. The molecular weight excluding hydrogens is 180 g/mol. The van der Waals surface area contributed by atoms with Gasteiger partial charge in [-0.2, -0.15) is 0 Å². The highest BCUT2D eigenvalue weighted by Gasteiger charge is 2.00. The molecule has 0 atom stereocenters. The second-order valence-electron chi connectivity index (χ2n) is 2.98. The topological polar surface area (TPSA) is 57.4 Å². The van der Waals surface area contributed by atoms with Crippen LogP contribution in [0.3, 0.4) is 0 Å². The molecule has 0 aliphatic rings. The summed E-state index contributed by atoms with van der Waals surface area (Å²) >= 11 is 0. The smallest absolute Gasteiger partial charge is 0.216 e. The Hall–Kier alpha value is -1.29. The Bertz CT molecular complexity index is 289. The first kappa shape index (κ1) is 10.8. The Labute approximate surface area is 84.0 Å². The van der Waals surface area contributed by atoms with Gasteiger partial charge in [-0.25, -0.2) is 4.98 Å². The lowest BCUT2D eigenvalue weighted by Crippen LogP contribution is -2.06. The summed E-state index contributed by atoms with van der Waals surface area (Å²) in [4.78, 5) is 4.15. The zero-order chi connectivity index (χ0) is 10.4. The molecule has 1 rings (SSSR count). The van der Waals surface area contributed by atoms with Gasteiger partial charge >= 0.3 is 0 Å². The van der Waals surface area contributed by atoms with E-state index in [1.54, 1.807) is 13.2 Å². The first-order chi connectivity index (χ1) is 6.76. The highest BCUT2D eigenvalue weighted by atomic mass is 16.5. The number of pyridine rings is 1. The fraction of sp³-hybridized carbons (Fsp3) is 0.500. The van der Waals surface area contributed by atoms with Crippen molar-refractivity contribution in [2.45, 2.75) is 13.3 Å². The van der Waals surface area contributed by atoms with E-state index in [1.807, 2.05) is 13.0 Å². The van der Waals surface area contributed by atoms with Gasteiger partial charge in [-0.1, -0.05) is 0 Å². The van der Waals surface area contributed by atoms with E-state index >= 15 is 0 Å². The van der Waals surface area contributed by atoms with Crippen LogP contribution in [0.2, 0.25) is 0 Å². The summed E-state index contributed by atoms with van der Waals surface area (Å²) in [5, 5.41) is 0. The summed E-state index contributed by atoms with van der Waals surface area (Å²) in [7, 11) is 1.59. The fourth-order valence-corrected chi connectivity index (χ4v) is 1.07. The molecule has 0 fully saturated rings. The molecule has 0 radical (unpaired) electrons. The van der Waals surface area contributed by atoms with Crippen molar-refractivity contribution in [3.05, 3.63) is 17.8 Å². The van der Waals surface area contributed by atoms with Gasteiger partial charge < -0.3 is 15.2 Å². The lowest BCUT2D eigenvalue weighted by molar-refractivity contribution is 0.309. The average Bonchev–Trinajstić information content (AvgIpc) is 2.17. The molecule has 0 saturated heterocycles. The summed E-state index contributed by atoms with van der Waals surface area (Å²) < 4.78 is 10.5. The fourth-order valence-electron chi connectivity index (χ4n) is 1.07. The van der Waals surface area contributed by atoms with Crippen molar-refractivity contribution in [3.63, 3.8) is 0 Å². The van der Waals surface area contributed by atoms with Gasteiger partial charge in [-0.05, 0) is 19.9 Å². The van der Waals surface area contributed by atoms with Crippen molar-refractivity contribution in [1.82, 2.24) is 4.98 Å². The largest absolute Gasteiger partial charge is 0.493 e. The molecule has 0 unspecified atom stereocenters. The standard InChI is InChI=1S/C10H16N2O2/c1-8-6-9(14-5-3-4-11)7-10(12-8)13-2/h6-7H,3-5,11H2,1-2H3. The maximum atomic E-state index is 5.47. The monoisotopic (exact) mass is 196 g/mol. The molecule has 4 heteroatoms. The lowest BCUT2D eigenvalue weighted by atomic mass is 10.3. The number of hydrogen-bond donors (Lipinski definition) is 1. The van der Waals surface area contributed by atoms with Crippen LogP contribution in [0.1, 0.15) is 12.1 Å². The third kappa shape index (κ3) is 3.22. The summed E-state index contributed by atoms with van der Waals surface area (Å²) in [6.45, 7) is 3.17. The van der Waals surface area contributed by atoms with Crippen LogP contribution in [-0.2, 0) is 0 Å². The van der Waals surface area contributed by atoms with Crippen LogP contribution in [0.4, 0.5) is 0 Å². The second kappa shape index (κ2) is 5.44. The summed E-state index contributed by atoms with van der Waals surface area (Å²) in [5.41, 5.74) is 6.24. The summed E-state index contributed by atoms with van der Waals surface area (Å²) in [6.07, 6.45) is 0.851. The first-order valence-corrected chi connectivity index (χ1v) is 4.62. The minimum Gasteiger partial charge on any atom is -0.493 e. The molecular formula is C10H16N2O2. The van der Waals surface area contributed by atoms with Gasteiger partial charge in [0, 0.05) is 17.8 Å². The highest BCUT2D eigenvalue weighted by Crippen LogP contribution is 2.18.